The summed E-state index contributed by atoms with van der Waals surface area (Å²) >= 11 is 0. The van der Waals surface area contributed by atoms with Crippen molar-refractivity contribution < 1.29 is 27.2 Å². The predicted molar refractivity (Wildman–Crippen MR) is 112 cm³/mol. The largest absolute Gasteiger partial charge is 0.352 e. The second-order valence-electron chi connectivity index (χ2n) is 7.33. The lowest BCUT2D eigenvalue weighted by atomic mass is 9.73. The van der Waals surface area contributed by atoms with E-state index < -0.39 is 38.2 Å². The Morgan fingerprint density at radius 2 is 2.03 bits per heavy atom. The molecule has 9 nitrogen and oxygen atoms in total. The Kier molecular flexibility index (Phi) is 7.77. The van der Waals surface area contributed by atoms with Gasteiger partial charge in [0.05, 0.1) is 11.5 Å². The van der Waals surface area contributed by atoms with Crippen LogP contribution < -0.4 is 20.7 Å². The Morgan fingerprint density at radius 3 is 2.58 bits per heavy atom. The van der Waals surface area contributed by atoms with Gasteiger partial charge in [-0.15, -0.1) is 0 Å². The van der Waals surface area contributed by atoms with Crippen LogP contribution in [0.1, 0.15) is 51.6 Å². The summed E-state index contributed by atoms with van der Waals surface area (Å²) in [4.78, 5) is 34.8. The maximum atomic E-state index is 14.4. The fourth-order valence-corrected chi connectivity index (χ4v) is 4.61. The molecule has 0 fully saturated rings. The normalized spacial score (nSPS) is 19.2. The maximum Gasteiger partial charge on any atom is 0.328 e. The molecule has 11 heteroatoms. The minimum atomic E-state index is -4.50. The van der Waals surface area contributed by atoms with Gasteiger partial charge >= 0.3 is 6.03 Å². The molecule has 1 aliphatic heterocycles. The van der Waals surface area contributed by atoms with Crippen LogP contribution in [0.3, 0.4) is 0 Å². The van der Waals surface area contributed by atoms with Crippen LogP contribution in [-0.2, 0) is 19.6 Å². The number of rotatable bonds is 10. The third-order valence-electron chi connectivity index (χ3n) is 5.44. The highest BCUT2D eigenvalue weighted by Gasteiger charge is 2.43. The molecule has 0 bridgehead atoms. The minimum Gasteiger partial charge on any atom is -0.352 e. The number of urea groups is 1. The third kappa shape index (κ3) is 5.22. The molecule has 31 heavy (non-hydrogen) atoms. The number of carbonyl (C=O) groups is 3. The quantitative estimate of drug-likeness (QED) is 0.400. The second-order valence-corrected chi connectivity index (χ2v) is 8.98. The van der Waals surface area contributed by atoms with Crippen LogP contribution in [0.25, 0.3) is 0 Å². The first-order valence-electron chi connectivity index (χ1n) is 9.89. The van der Waals surface area contributed by atoms with Crippen LogP contribution in [0.5, 0.6) is 0 Å². The summed E-state index contributed by atoms with van der Waals surface area (Å²) in [5.41, 5.74) is 0.164. The van der Waals surface area contributed by atoms with Crippen molar-refractivity contribution in [1.29, 1.82) is 0 Å². The summed E-state index contributed by atoms with van der Waals surface area (Å²) < 4.78 is 41.2. The molecular weight excluding hydrogens is 427 g/mol. The first-order valence-corrected chi connectivity index (χ1v) is 11.4. The van der Waals surface area contributed by atoms with Crippen LogP contribution in [0.15, 0.2) is 34.9 Å². The Bertz CT molecular complexity index is 995. The van der Waals surface area contributed by atoms with Gasteiger partial charge < -0.3 is 16.0 Å². The van der Waals surface area contributed by atoms with E-state index in [2.05, 4.69) is 16.0 Å². The highest BCUT2D eigenvalue weighted by molar-refractivity contribution is 7.90. The monoisotopic (exact) mass is 454 g/mol. The molecule has 0 aromatic heterocycles. The smallest absolute Gasteiger partial charge is 0.328 e. The van der Waals surface area contributed by atoms with E-state index in [1.54, 1.807) is 24.8 Å². The number of nitrogens with one attached hydrogen (secondary N) is 4. The Labute approximate surface area is 180 Å². The molecule has 0 radical (unpaired) electrons. The topological polar surface area (TPSA) is 133 Å². The second kappa shape index (κ2) is 9.90. The molecule has 1 aliphatic rings. The zero-order chi connectivity index (χ0) is 23.2. The first kappa shape index (κ1) is 24.3. The number of hydrogen-bond acceptors (Lipinski definition) is 5. The fourth-order valence-electron chi connectivity index (χ4n) is 3.56. The molecule has 1 aromatic rings. The highest BCUT2D eigenvalue weighted by Crippen LogP contribution is 2.42. The summed E-state index contributed by atoms with van der Waals surface area (Å²) in [7, 11) is -4.50. The molecule has 1 aromatic carbocycles. The molecule has 2 unspecified atom stereocenters. The predicted octanol–water partition coefficient (Wildman–Crippen LogP) is 1.83. The van der Waals surface area contributed by atoms with Crippen molar-refractivity contribution in [2.24, 2.45) is 5.41 Å². The van der Waals surface area contributed by atoms with E-state index in [0.717, 1.165) is 17.7 Å². The van der Waals surface area contributed by atoms with Gasteiger partial charge in [0.15, 0.2) is 0 Å². The number of halogens is 1. The van der Waals surface area contributed by atoms with Gasteiger partial charge in [-0.05, 0) is 49.5 Å². The van der Waals surface area contributed by atoms with Gasteiger partial charge in [-0.25, -0.2) is 22.3 Å². The van der Waals surface area contributed by atoms with Crippen LogP contribution in [0.2, 0.25) is 0 Å². The molecule has 4 amide bonds. The van der Waals surface area contributed by atoms with Crippen molar-refractivity contribution in [3.05, 3.63) is 41.4 Å². The van der Waals surface area contributed by atoms with Gasteiger partial charge in [0.2, 0.25) is 12.3 Å². The minimum absolute atomic E-state index is 0.145. The summed E-state index contributed by atoms with van der Waals surface area (Å²) in [6, 6.07) is 1.60. The Hall–Kier alpha value is -2.95. The number of amides is 4. The zero-order valence-corrected chi connectivity index (χ0v) is 18.4. The van der Waals surface area contributed by atoms with Gasteiger partial charge in [0.1, 0.15) is 10.7 Å². The average molecular weight is 455 g/mol. The summed E-state index contributed by atoms with van der Waals surface area (Å²) in [6.45, 7) is 5.67. The standard InChI is InChI=1S/C20H27FN4O5S/c1-4-8-22-19(28)25-31(29,30)17-9-14(6-7-15(17)21)16(24-12-26)10-20(5-2)13(3)11-23-18(20)27/h6-7,9,11-12,16H,4-5,8,10H2,1-3H3,(H,23,27)(H,24,26)(H2,22,25,28). The van der Waals surface area contributed by atoms with E-state index in [-0.39, 0.29) is 24.4 Å². The lowest BCUT2D eigenvalue weighted by Crippen LogP contribution is -2.40. The molecule has 170 valence electrons. The molecule has 0 saturated heterocycles. The highest BCUT2D eigenvalue weighted by atomic mass is 32.2. The van der Waals surface area contributed by atoms with Crippen LogP contribution >= 0.6 is 0 Å². The van der Waals surface area contributed by atoms with E-state index in [0.29, 0.717) is 19.3 Å². The van der Waals surface area contributed by atoms with Crippen LogP contribution in [-0.4, -0.2) is 33.3 Å². The molecular formula is C20H27FN4O5S. The van der Waals surface area contributed by atoms with Crippen molar-refractivity contribution >= 4 is 28.4 Å². The first-order chi connectivity index (χ1) is 14.6. The van der Waals surface area contributed by atoms with E-state index in [4.69, 9.17) is 0 Å². The Balaban J connectivity index is 2.40. The number of benzene rings is 1. The third-order valence-corrected chi connectivity index (χ3v) is 6.79. The van der Waals surface area contributed by atoms with Gasteiger partial charge in [-0.2, -0.15) is 0 Å². The lowest BCUT2D eigenvalue weighted by Gasteiger charge is -2.31. The molecule has 4 N–H and O–H groups in total. The summed E-state index contributed by atoms with van der Waals surface area (Å²) in [6.07, 6.45) is 3.23. The SMILES string of the molecule is CCCNC(=O)NS(=O)(=O)c1cc(C(CC2(CC)C(=O)NC=C2C)NC=O)ccc1F. The average Bonchev–Trinajstić information content (AvgIpc) is 3.00. The molecule has 0 saturated carbocycles. The van der Waals surface area contributed by atoms with Crippen molar-refractivity contribution in [2.45, 2.75) is 51.0 Å². The number of sulfonamides is 1. The molecule has 2 rings (SSSR count). The van der Waals surface area contributed by atoms with Crippen LogP contribution in [0.4, 0.5) is 9.18 Å². The zero-order valence-electron chi connectivity index (χ0n) is 17.6. The lowest BCUT2D eigenvalue weighted by molar-refractivity contribution is -0.128. The number of carbonyl (C=O) groups excluding carboxylic acids is 3. The van der Waals surface area contributed by atoms with Crippen molar-refractivity contribution in [2.75, 3.05) is 6.54 Å². The molecule has 0 spiro atoms. The van der Waals surface area contributed by atoms with Crippen molar-refractivity contribution in [3.8, 4) is 0 Å². The summed E-state index contributed by atoms with van der Waals surface area (Å²) in [5, 5.41) is 7.60. The Morgan fingerprint density at radius 1 is 1.32 bits per heavy atom. The van der Waals surface area contributed by atoms with E-state index in [1.807, 2.05) is 6.92 Å². The van der Waals surface area contributed by atoms with Crippen molar-refractivity contribution in [1.82, 2.24) is 20.7 Å². The van der Waals surface area contributed by atoms with Gasteiger partial charge in [0.25, 0.3) is 10.0 Å². The van der Waals surface area contributed by atoms with Gasteiger partial charge in [0, 0.05) is 12.7 Å². The van der Waals surface area contributed by atoms with Crippen molar-refractivity contribution in [3.63, 3.8) is 0 Å². The fraction of sp³-hybridized carbons (Fsp3) is 0.450. The van der Waals surface area contributed by atoms with E-state index in [1.165, 1.54) is 6.07 Å². The maximum absolute atomic E-state index is 14.4. The van der Waals surface area contributed by atoms with Gasteiger partial charge in [-0.1, -0.05) is 19.9 Å². The van der Waals surface area contributed by atoms with Crippen LogP contribution in [0, 0.1) is 11.2 Å². The van der Waals surface area contributed by atoms with Gasteiger partial charge in [-0.3, -0.25) is 9.59 Å². The molecule has 1 heterocycles. The number of hydrogen-bond donors (Lipinski definition) is 4. The van der Waals surface area contributed by atoms with E-state index in [9.17, 15) is 27.2 Å². The summed E-state index contributed by atoms with van der Waals surface area (Å²) in [5.74, 6) is -1.28. The molecule has 2 atom stereocenters. The molecule has 0 aliphatic carbocycles. The van der Waals surface area contributed by atoms with E-state index >= 15 is 0 Å².